The van der Waals surface area contributed by atoms with E-state index in [1.807, 2.05) is 0 Å². The summed E-state index contributed by atoms with van der Waals surface area (Å²) in [6.45, 7) is 0.0790. The first kappa shape index (κ1) is 23.2. The van der Waals surface area contributed by atoms with Crippen LogP contribution in [-0.4, -0.2) is 40.6 Å². The Kier molecular flexibility index (Phi) is 6.69. The second-order valence-corrected chi connectivity index (χ2v) is 8.54. The first-order valence-electron chi connectivity index (χ1n) is 10.1. The van der Waals surface area contributed by atoms with Crippen LogP contribution in [0.2, 0.25) is 10.0 Å². The van der Waals surface area contributed by atoms with Crippen LogP contribution in [0.15, 0.2) is 42.5 Å². The van der Waals surface area contributed by atoms with Crippen molar-refractivity contribution in [2.75, 3.05) is 6.54 Å². The zero-order valence-corrected chi connectivity index (χ0v) is 18.6. The number of carbonyl (C=O) groups is 2. The van der Waals surface area contributed by atoms with Crippen molar-refractivity contribution in [3.8, 4) is 22.5 Å². The SMILES string of the molecule is O=C(CCc1cc(-c2c(F)cc(F)cc2Cl)[nH]c1-c1ccc(Cl)cc1)N[C@@H]1C(=O)NC[C@H]1O. The molecule has 2 heterocycles. The Morgan fingerprint density at radius 1 is 1.15 bits per heavy atom. The zero-order valence-electron chi connectivity index (χ0n) is 17.1. The first-order valence-corrected chi connectivity index (χ1v) is 10.9. The molecule has 0 bridgehead atoms. The fourth-order valence-corrected chi connectivity index (χ4v) is 4.19. The minimum atomic E-state index is -0.998. The van der Waals surface area contributed by atoms with Crippen LogP contribution in [0.1, 0.15) is 12.0 Å². The van der Waals surface area contributed by atoms with Crippen LogP contribution < -0.4 is 10.6 Å². The van der Waals surface area contributed by atoms with Gasteiger partial charge in [-0.2, -0.15) is 0 Å². The molecule has 2 amide bonds. The molecule has 10 heteroatoms. The topological polar surface area (TPSA) is 94.2 Å². The Morgan fingerprint density at radius 2 is 1.88 bits per heavy atom. The quantitative estimate of drug-likeness (QED) is 0.420. The van der Waals surface area contributed by atoms with Gasteiger partial charge < -0.3 is 20.7 Å². The van der Waals surface area contributed by atoms with E-state index in [2.05, 4.69) is 15.6 Å². The molecule has 6 nitrogen and oxygen atoms in total. The van der Waals surface area contributed by atoms with Crippen molar-refractivity contribution < 1.29 is 23.5 Å². The van der Waals surface area contributed by atoms with Crippen LogP contribution in [0.3, 0.4) is 0 Å². The van der Waals surface area contributed by atoms with Crippen molar-refractivity contribution in [1.82, 2.24) is 15.6 Å². The number of benzene rings is 2. The van der Waals surface area contributed by atoms with Crippen molar-refractivity contribution >= 4 is 35.0 Å². The standard InChI is InChI=1S/C23H19Cl2F2N3O3/c24-13-4-1-11(2-5-13)21-12(3-6-19(32)30-22-18(31)10-28-23(22)33)7-17(29-21)20-15(25)8-14(26)9-16(20)27/h1-2,4-5,7-9,18,22,29,31H,3,6,10H2,(H,28,33)(H,30,32)/t18-,22+/m1/s1. The lowest BCUT2D eigenvalue weighted by Gasteiger charge is -2.13. The normalized spacial score (nSPS) is 17.8. The highest BCUT2D eigenvalue weighted by Gasteiger charge is 2.34. The number of aryl methyl sites for hydroxylation is 1. The molecular formula is C23H19Cl2F2N3O3. The third-order valence-corrected chi connectivity index (χ3v) is 5.95. The van der Waals surface area contributed by atoms with Gasteiger partial charge in [0.25, 0.3) is 0 Å². The number of halogens is 4. The van der Waals surface area contributed by atoms with Gasteiger partial charge in [0.2, 0.25) is 11.8 Å². The highest BCUT2D eigenvalue weighted by atomic mass is 35.5. The molecule has 0 spiro atoms. The largest absolute Gasteiger partial charge is 0.389 e. The molecule has 0 aliphatic carbocycles. The minimum Gasteiger partial charge on any atom is -0.389 e. The maximum Gasteiger partial charge on any atom is 0.245 e. The lowest BCUT2D eigenvalue weighted by molar-refractivity contribution is -0.128. The van der Waals surface area contributed by atoms with E-state index in [-0.39, 0.29) is 30.0 Å². The third kappa shape index (κ3) is 5.03. The van der Waals surface area contributed by atoms with E-state index in [0.717, 1.165) is 17.7 Å². The van der Waals surface area contributed by atoms with E-state index in [0.29, 0.717) is 22.0 Å². The average molecular weight is 494 g/mol. The molecule has 1 saturated heterocycles. The predicted octanol–water partition coefficient (Wildman–Crippen LogP) is 3.84. The van der Waals surface area contributed by atoms with Gasteiger partial charge in [0.15, 0.2) is 0 Å². The van der Waals surface area contributed by atoms with E-state index >= 15 is 0 Å². The van der Waals surface area contributed by atoms with Gasteiger partial charge in [-0.3, -0.25) is 9.59 Å². The molecule has 4 N–H and O–H groups in total. The molecule has 1 aliphatic rings. The highest BCUT2D eigenvalue weighted by Crippen LogP contribution is 2.35. The molecule has 2 aromatic carbocycles. The van der Waals surface area contributed by atoms with Crippen LogP contribution >= 0.6 is 23.2 Å². The van der Waals surface area contributed by atoms with Crippen LogP contribution in [0.5, 0.6) is 0 Å². The molecule has 1 fully saturated rings. The number of rotatable bonds is 6. The van der Waals surface area contributed by atoms with Gasteiger partial charge in [0, 0.05) is 29.7 Å². The summed E-state index contributed by atoms with van der Waals surface area (Å²) in [6.07, 6.45) is -0.743. The lowest BCUT2D eigenvalue weighted by atomic mass is 10.0. The maximum atomic E-state index is 14.5. The van der Waals surface area contributed by atoms with Crippen molar-refractivity contribution in [3.63, 3.8) is 0 Å². The number of aliphatic hydroxyl groups excluding tert-OH is 1. The number of hydrogen-bond donors (Lipinski definition) is 4. The molecule has 0 saturated carbocycles. The van der Waals surface area contributed by atoms with E-state index < -0.39 is 35.6 Å². The predicted molar refractivity (Wildman–Crippen MR) is 121 cm³/mol. The number of aliphatic hydroxyl groups is 1. The van der Waals surface area contributed by atoms with Gasteiger partial charge in [0.1, 0.15) is 23.8 Å². The van der Waals surface area contributed by atoms with Crippen LogP contribution in [0.25, 0.3) is 22.5 Å². The van der Waals surface area contributed by atoms with Crippen LogP contribution in [-0.2, 0) is 16.0 Å². The monoisotopic (exact) mass is 493 g/mol. The molecule has 0 unspecified atom stereocenters. The third-order valence-electron chi connectivity index (χ3n) is 5.40. The Labute approximate surface area is 197 Å². The molecular weight excluding hydrogens is 475 g/mol. The fourth-order valence-electron chi connectivity index (χ4n) is 3.77. The minimum absolute atomic E-state index is 0.00795. The number of hydrogen-bond acceptors (Lipinski definition) is 3. The Morgan fingerprint density at radius 3 is 2.52 bits per heavy atom. The number of amides is 2. The number of carbonyl (C=O) groups excluding carboxylic acids is 2. The van der Waals surface area contributed by atoms with Crippen LogP contribution in [0, 0.1) is 11.6 Å². The number of nitrogens with one attached hydrogen (secondary N) is 3. The van der Waals surface area contributed by atoms with Gasteiger partial charge >= 0.3 is 0 Å². The molecule has 1 aromatic heterocycles. The van der Waals surface area contributed by atoms with Gasteiger partial charge in [-0.25, -0.2) is 8.78 Å². The summed E-state index contributed by atoms with van der Waals surface area (Å²) in [5, 5.41) is 15.3. The van der Waals surface area contributed by atoms with Crippen LogP contribution in [0.4, 0.5) is 8.78 Å². The molecule has 2 atom stereocenters. The number of H-pyrrole nitrogens is 1. The molecule has 3 aromatic rings. The van der Waals surface area contributed by atoms with Crippen molar-refractivity contribution in [1.29, 1.82) is 0 Å². The summed E-state index contributed by atoms with van der Waals surface area (Å²) in [6, 6.07) is 9.34. The van der Waals surface area contributed by atoms with Crippen molar-refractivity contribution in [3.05, 3.63) is 69.7 Å². The van der Waals surface area contributed by atoms with Crippen molar-refractivity contribution in [2.45, 2.75) is 25.0 Å². The smallest absolute Gasteiger partial charge is 0.245 e. The zero-order chi connectivity index (χ0) is 23.7. The summed E-state index contributed by atoms with van der Waals surface area (Å²) >= 11 is 12.1. The van der Waals surface area contributed by atoms with E-state index in [1.165, 1.54) is 0 Å². The van der Waals surface area contributed by atoms with E-state index in [9.17, 15) is 23.5 Å². The number of aromatic nitrogens is 1. The first-order chi connectivity index (χ1) is 15.7. The van der Waals surface area contributed by atoms with E-state index in [4.69, 9.17) is 23.2 Å². The highest BCUT2D eigenvalue weighted by molar-refractivity contribution is 6.33. The molecule has 0 radical (unpaired) electrons. The summed E-state index contributed by atoms with van der Waals surface area (Å²) in [4.78, 5) is 27.3. The summed E-state index contributed by atoms with van der Waals surface area (Å²) in [7, 11) is 0. The average Bonchev–Trinajstić information content (AvgIpc) is 3.30. The maximum absolute atomic E-state index is 14.5. The Bertz CT molecular complexity index is 1190. The lowest BCUT2D eigenvalue weighted by Crippen LogP contribution is -2.45. The Hall–Kier alpha value is -2.94. The molecule has 4 rings (SSSR count). The summed E-state index contributed by atoms with van der Waals surface area (Å²) < 4.78 is 28.0. The fraction of sp³-hybridized carbons (Fsp3) is 0.217. The molecule has 172 valence electrons. The molecule has 33 heavy (non-hydrogen) atoms. The second-order valence-electron chi connectivity index (χ2n) is 7.69. The van der Waals surface area contributed by atoms with Gasteiger partial charge in [0.05, 0.1) is 16.3 Å². The summed E-state index contributed by atoms with van der Waals surface area (Å²) in [5.41, 5.74) is 2.37. The Balaban J connectivity index is 1.63. The number of aromatic amines is 1. The van der Waals surface area contributed by atoms with Gasteiger partial charge in [-0.15, -0.1) is 0 Å². The van der Waals surface area contributed by atoms with Gasteiger partial charge in [-0.05, 0) is 41.8 Å². The summed E-state index contributed by atoms with van der Waals surface area (Å²) in [5.74, 6) is -2.48. The van der Waals surface area contributed by atoms with Crippen molar-refractivity contribution in [2.24, 2.45) is 0 Å². The van der Waals surface area contributed by atoms with Gasteiger partial charge in [-0.1, -0.05) is 35.3 Å². The van der Waals surface area contributed by atoms with E-state index in [1.54, 1.807) is 30.3 Å². The molecule has 1 aliphatic heterocycles. The number of β-amino-alcohol motifs (C(OH)–C–C–N with tert-alkyl or cyclic N) is 1. The second kappa shape index (κ2) is 9.51.